The van der Waals surface area contributed by atoms with E-state index in [0.717, 1.165) is 30.4 Å². The lowest BCUT2D eigenvalue weighted by atomic mass is 9.82. The van der Waals surface area contributed by atoms with Gasteiger partial charge < -0.3 is 5.32 Å². The van der Waals surface area contributed by atoms with Gasteiger partial charge in [0.1, 0.15) is 17.3 Å². The van der Waals surface area contributed by atoms with Crippen LogP contribution in [0.1, 0.15) is 24.0 Å². The molecule has 136 valence electrons. The van der Waals surface area contributed by atoms with E-state index in [-0.39, 0.29) is 11.6 Å². The van der Waals surface area contributed by atoms with Crippen LogP contribution in [0, 0.1) is 27.9 Å². The summed E-state index contributed by atoms with van der Waals surface area (Å²) in [5.74, 6) is 6.43. The number of para-hydroxylation sites is 1. The van der Waals surface area contributed by atoms with Crippen LogP contribution < -0.4 is 10.6 Å². The molecule has 1 fully saturated rings. The second-order valence-corrected chi connectivity index (χ2v) is 7.14. The molecule has 4 rings (SSSR count). The third kappa shape index (κ3) is 3.16. The number of nitro groups is 1. The van der Waals surface area contributed by atoms with Crippen LogP contribution in [0.4, 0.5) is 11.4 Å². The van der Waals surface area contributed by atoms with Gasteiger partial charge in [0, 0.05) is 22.3 Å². The Balaban J connectivity index is 1.88. The first-order valence-electron chi connectivity index (χ1n) is 8.59. The maximum atomic E-state index is 11.5. The van der Waals surface area contributed by atoms with Gasteiger partial charge in [0.05, 0.1) is 4.92 Å². The Bertz CT molecular complexity index is 993. The summed E-state index contributed by atoms with van der Waals surface area (Å²) in [6.45, 7) is 0. The van der Waals surface area contributed by atoms with Gasteiger partial charge in [-0.1, -0.05) is 35.6 Å². The standard InChI is InChI=1S/C20H16ClN3O3/c21-15-7-8-17-16(11-15)20(14-5-6-14,23-19(12-25)22-17)10-9-13-3-1-2-4-18(13)24(26)27/h1-4,7-8,11-12,14,19,22-23H,5-6H2. The monoisotopic (exact) mass is 381 g/mol. The van der Waals surface area contributed by atoms with Gasteiger partial charge in [-0.3, -0.25) is 20.2 Å². The van der Waals surface area contributed by atoms with Crippen molar-refractivity contribution in [1.29, 1.82) is 0 Å². The van der Waals surface area contributed by atoms with Gasteiger partial charge in [0.25, 0.3) is 5.69 Å². The summed E-state index contributed by atoms with van der Waals surface area (Å²) in [4.78, 5) is 22.3. The molecule has 1 aliphatic carbocycles. The van der Waals surface area contributed by atoms with Crippen molar-refractivity contribution in [3.8, 4) is 11.8 Å². The highest BCUT2D eigenvalue weighted by Gasteiger charge is 2.50. The Morgan fingerprint density at radius 3 is 2.74 bits per heavy atom. The molecule has 1 aliphatic heterocycles. The van der Waals surface area contributed by atoms with Crippen LogP contribution in [0.5, 0.6) is 0 Å². The Labute approximate surface area is 161 Å². The topological polar surface area (TPSA) is 84.3 Å². The second kappa shape index (κ2) is 6.69. The molecular formula is C20H16ClN3O3. The van der Waals surface area contributed by atoms with Crippen molar-refractivity contribution in [2.24, 2.45) is 5.92 Å². The quantitative estimate of drug-likeness (QED) is 0.368. The fraction of sp³-hybridized carbons (Fsp3) is 0.250. The highest BCUT2D eigenvalue weighted by Crippen LogP contribution is 2.49. The zero-order valence-electron chi connectivity index (χ0n) is 14.2. The molecule has 0 aromatic heterocycles. The molecule has 2 atom stereocenters. The molecule has 0 spiro atoms. The molecule has 2 unspecified atom stereocenters. The molecule has 0 amide bonds. The van der Waals surface area contributed by atoms with Crippen LogP contribution in [0.15, 0.2) is 42.5 Å². The lowest BCUT2D eigenvalue weighted by molar-refractivity contribution is -0.385. The number of hydrogen-bond donors (Lipinski definition) is 2. The number of nitro benzene ring substituents is 1. The zero-order chi connectivity index (χ0) is 19.0. The van der Waals surface area contributed by atoms with E-state index in [9.17, 15) is 14.9 Å². The van der Waals surface area contributed by atoms with Crippen LogP contribution in [0.3, 0.4) is 0 Å². The van der Waals surface area contributed by atoms with E-state index in [1.165, 1.54) is 6.07 Å². The number of hydrogen-bond acceptors (Lipinski definition) is 5. The van der Waals surface area contributed by atoms with Gasteiger partial charge in [0.2, 0.25) is 0 Å². The number of carbonyl (C=O) groups excluding carboxylic acids is 1. The summed E-state index contributed by atoms with van der Waals surface area (Å²) in [6.07, 6.45) is 2.10. The maximum absolute atomic E-state index is 11.5. The minimum Gasteiger partial charge on any atom is -0.364 e. The number of carbonyl (C=O) groups is 1. The van der Waals surface area contributed by atoms with Crippen molar-refractivity contribution < 1.29 is 9.72 Å². The summed E-state index contributed by atoms with van der Waals surface area (Å²) in [5.41, 5.74) is 1.17. The predicted molar refractivity (Wildman–Crippen MR) is 102 cm³/mol. The van der Waals surface area contributed by atoms with E-state index in [4.69, 9.17) is 11.6 Å². The second-order valence-electron chi connectivity index (χ2n) is 6.70. The summed E-state index contributed by atoms with van der Waals surface area (Å²) in [7, 11) is 0. The average molecular weight is 382 g/mol. The zero-order valence-corrected chi connectivity index (χ0v) is 15.0. The molecule has 0 saturated heterocycles. The SMILES string of the molecule is O=CC1Nc2ccc(Cl)cc2C(C#Cc2ccccc2[N+](=O)[O-])(C2CC2)N1. The summed E-state index contributed by atoms with van der Waals surface area (Å²) < 4.78 is 0. The first-order chi connectivity index (χ1) is 13.0. The summed E-state index contributed by atoms with van der Waals surface area (Å²) >= 11 is 6.22. The van der Waals surface area contributed by atoms with Gasteiger partial charge in [-0.2, -0.15) is 0 Å². The number of nitrogens with one attached hydrogen (secondary N) is 2. The number of nitrogens with zero attached hydrogens (tertiary/aromatic N) is 1. The number of aldehydes is 1. The molecule has 7 heteroatoms. The van der Waals surface area contributed by atoms with E-state index < -0.39 is 16.6 Å². The van der Waals surface area contributed by atoms with Crippen molar-refractivity contribution in [2.45, 2.75) is 24.5 Å². The molecular weight excluding hydrogens is 366 g/mol. The highest BCUT2D eigenvalue weighted by atomic mass is 35.5. The minimum absolute atomic E-state index is 0.0388. The number of rotatable bonds is 3. The van der Waals surface area contributed by atoms with Crippen molar-refractivity contribution in [2.75, 3.05) is 5.32 Å². The summed E-state index contributed by atoms with van der Waals surface area (Å²) in [5, 5.41) is 18.3. The molecule has 2 aromatic carbocycles. The molecule has 2 aliphatic rings. The smallest absolute Gasteiger partial charge is 0.284 e. The highest BCUT2D eigenvalue weighted by molar-refractivity contribution is 6.30. The fourth-order valence-electron chi connectivity index (χ4n) is 3.53. The predicted octanol–water partition coefficient (Wildman–Crippen LogP) is 3.45. The van der Waals surface area contributed by atoms with Gasteiger partial charge in [-0.15, -0.1) is 0 Å². The summed E-state index contributed by atoms with van der Waals surface area (Å²) in [6, 6.07) is 11.8. The van der Waals surface area contributed by atoms with Crippen molar-refractivity contribution in [3.05, 3.63) is 68.7 Å². The molecule has 0 radical (unpaired) electrons. The third-order valence-electron chi connectivity index (χ3n) is 4.92. The van der Waals surface area contributed by atoms with Gasteiger partial charge in [0.15, 0.2) is 6.29 Å². The van der Waals surface area contributed by atoms with E-state index >= 15 is 0 Å². The largest absolute Gasteiger partial charge is 0.364 e. The first-order valence-corrected chi connectivity index (χ1v) is 8.97. The Kier molecular flexibility index (Phi) is 4.34. The van der Waals surface area contributed by atoms with Gasteiger partial charge >= 0.3 is 0 Å². The molecule has 2 aromatic rings. The van der Waals surface area contributed by atoms with Crippen molar-refractivity contribution in [1.82, 2.24) is 5.32 Å². The normalized spacial score (nSPS) is 23.4. The molecule has 1 heterocycles. The van der Waals surface area contributed by atoms with E-state index in [1.807, 2.05) is 12.1 Å². The Morgan fingerprint density at radius 2 is 2.04 bits per heavy atom. The van der Waals surface area contributed by atoms with Crippen molar-refractivity contribution >= 4 is 29.3 Å². The van der Waals surface area contributed by atoms with Gasteiger partial charge in [-0.25, -0.2) is 0 Å². The first kappa shape index (κ1) is 17.5. The maximum Gasteiger partial charge on any atom is 0.284 e. The molecule has 0 bridgehead atoms. The Hall–Kier alpha value is -2.88. The van der Waals surface area contributed by atoms with Crippen LogP contribution in [-0.4, -0.2) is 17.4 Å². The third-order valence-corrected chi connectivity index (χ3v) is 5.16. The fourth-order valence-corrected chi connectivity index (χ4v) is 3.70. The molecule has 27 heavy (non-hydrogen) atoms. The Morgan fingerprint density at radius 1 is 1.26 bits per heavy atom. The molecule has 1 saturated carbocycles. The van der Waals surface area contributed by atoms with Gasteiger partial charge in [-0.05, 0) is 43.0 Å². The van der Waals surface area contributed by atoms with E-state index in [2.05, 4.69) is 22.5 Å². The van der Waals surface area contributed by atoms with E-state index in [0.29, 0.717) is 10.6 Å². The number of fused-ring (bicyclic) bond motifs is 1. The molecule has 6 nitrogen and oxygen atoms in total. The number of benzene rings is 2. The number of anilines is 1. The van der Waals surface area contributed by atoms with E-state index in [1.54, 1.807) is 24.3 Å². The van der Waals surface area contributed by atoms with Crippen LogP contribution >= 0.6 is 11.6 Å². The van der Waals surface area contributed by atoms with Crippen molar-refractivity contribution in [3.63, 3.8) is 0 Å². The molecule has 2 N–H and O–H groups in total. The average Bonchev–Trinajstić information content (AvgIpc) is 3.52. The van der Waals surface area contributed by atoms with Crippen LogP contribution in [0.2, 0.25) is 5.02 Å². The number of halogens is 1. The lowest BCUT2D eigenvalue weighted by Crippen LogP contribution is -2.56. The van der Waals surface area contributed by atoms with Crippen LogP contribution in [0.25, 0.3) is 0 Å². The minimum atomic E-state index is -0.791. The van der Waals surface area contributed by atoms with Crippen LogP contribution in [-0.2, 0) is 10.3 Å². The lowest BCUT2D eigenvalue weighted by Gasteiger charge is -2.40.